The molecule has 142 valence electrons. The first kappa shape index (κ1) is 17.6. The zero-order valence-electron chi connectivity index (χ0n) is 15.2. The largest absolute Gasteiger partial charge is 0.453 e. The van der Waals surface area contributed by atoms with E-state index in [9.17, 15) is 14.0 Å². The summed E-state index contributed by atoms with van der Waals surface area (Å²) in [5.41, 5.74) is 1.83. The average molecular weight is 371 g/mol. The molecule has 1 saturated carbocycles. The number of fused-ring (bicyclic) bond motifs is 1. The minimum Gasteiger partial charge on any atom is -0.453 e. The molecular formula is C20H22FN3O3. The van der Waals surface area contributed by atoms with Crippen molar-refractivity contribution in [3.8, 4) is 0 Å². The molecule has 1 aromatic heterocycles. The molecule has 2 amide bonds. The third kappa shape index (κ3) is 3.41. The Kier molecular flexibility index (Phi) is 4.59. The summed E-state index contributed by atoms with van der Waals surface area (Å²) < 4.78 is 20.3. The molecule has 0 N–H and O–H groups in total. The van der Waals surface area contributed by atoms with Crippen LogP contribution in [-0.2, 0) is 16.1 Å². The third-order valence-corrected chi connectivity index (χ3v) is 5.25. The van der Waals surface area contributed by atoms with Gasteiger partial charge in [0, 0.05) is 31.0 Å². The van der Waals surface area contributed by atoms with Crippen molar-refractivity contribution in [3.63, 3.8) is 0 Å². The highest BCUT2D eigenvalue weighted by atomic mass is 19.1. The highest BCUT2D eigenvalue weighted by molar-refractivity contribution is 5.83. The monoisotopic (exact) mass is 371 g/mol. The summed E-state index contributed by atoms with van der Waals surface area (Å²) >= 11 is 0. The number of halogens is 1. The second-order valence-electron chi connectivity index (χ2n) is 7.00. The molecule has 0 spiro atoms. The van der Waals surface area contributed by atoms with Crippen molar-refractivity contribution in [3.05, 3.63) is 59.7 Å². The van der Waals surface area contributed by atoms with Crippen LogP contribution in [0, 0.1) is 5.82 Å². The smallest absolute Gasteiger partial charge is 0.410 e. The molecule has 1 aromatic carbocycles. The number of hydrogen-bond acceptors (Lipinski definition) is 3. The topological polar surface area (TPSA) is 54.8 Å². The lowest BCUT2D eigenvalue weighted by molar-refractivity contribution is -0.135. The zero-order chi connectivity index (χ0) is 19.0. The number of methoxy groups -OCH3 is 1. The Balaban J connectivity index is 1.62. The van der Waals surface area contributed by atoms with Gasteiger partial charge in [0.15, 0.2) is 0 Å². The number of rotatable bonds is 4. The van der Waals surface area contributed by atoms with Gasteiger partial charge < -0.3 is 14.2 Å². The van der Waals surface area contributed by atoms with Crippen molar-refractivity contribution in [2.45, 2.75) is 31.5 Å². The Morgan fingerprint density at radius 3 is 2.59 bits per heavy atom. The molecule has 0 unspecified atom stereocenters. The molecule has 1 aliphatic heterocycles. The third-order valence-electron chi connectivity index (χ3n) is 5.25. The van der Waals surface area contributed by atoms with Gasteiger partial charge in [0.25, 0.3) is 0 Å². The number of carbonyl (C=O) groups is 2. The van der Waals surface area contributed by atoms with Gasteiger partial charge in [-0.25, -0.2) is 9.18 Å². The van der Waals surface area contributed by atoms with Crippen LogP contribution >= 0.6 is 0 Å². The van der Waals surface area contributed by atoms with Crippen LogP contribution in [-0.4, -0.2) is 52.6 Å². The van der Waals surface area contributed by atoms with Gasteiger partial charge >= 0.3 is 6.09 Å². The van der Waals surface area contributed by atoms with Crippen molar-refractivity contribution in [2.24, 2.45) is 0 Å². The van der Waals surface area contributed by atoms with Crippen molar-refractivity contribution in [1.82, 2.24) is 14.4 Å². The number of hydrogen-bond donors (Lipinski definition) is 0. The standard InChI is InChI=1S/C20H22FN3O3/c1-27-20(26)24(16-8-9-16)13-18(25)23-12-11-22-10-2-3-17(22)19(23)14-4-6-15(21)7-5-14/h2-7,10,16,19H,8-9,11-13H2,1H3/t19-/m1/s1. The Hall–Kier alpha value is -2.83. The predicted octanol–water partition coefficient (Wildman–Crippen LogP) is 2.79. The second kappa shape index (κ2) is 7.06. The molecule has 27 heavy (non-hydrogen) atoms. The molecule has 2 heterocycles. The molecule has 0 bridgehead atoms. The van der Waals surface area contributed by atoms with Crippen LogP contribution in [0.2, 0.25) is 0 Å². The van der Waals surface area contributed by atoms with Gasteiger partial charge in [0.05, 0.1) is 13.2 Å². The van der Waals surface area contributed by atoms with E-state index in [1.807, 2.05) is 18.3 Å². The van der Waals surface area contributed by atoms with Crippen LogP contribution in [0.1, 0.15) is 30.1 Å². The van der Waals surface area contributed by atoms with E-state index in [-0.39, 0.29) is 30.4 Å². The highest BCUT2D eigenvalue weighted by Crippen LogP contribution is 2.33. The number of amides is 2. The first-order valence-electron chi connectivity index (χ1n) is 9.13. The summed E-state index contributed by atoms with van der Waals surface area (Å²) in [7, 11) is 1.33. The fourth-order valence-electron chi connectivity index (χ4n) is 3.73. The van der Waals surface area contributed by atoms with E-state index in [1.54, 1.807) is 17.0 Å². The predicted molar refractivity (Wildman–Crippen MR) is 96.5 cm³/mol. The van der Waals surface area contributed by atoms with Crippen molar-refractivity contribution < 1.29 is 18.7 Å². The Morgan fingerprint density at radius 2 is 1.93 bits per heavy atom. The van der Waals surface area contributed by atoms with Crippen LogP contribution in [0.4, 0.5) is 9.18 Å². The molecule has 2 aliphatic rings. The minimum absolute atomic E-state index is 0.00422. The van der Waals surface area contributed by atoms with Gasteiger partial charge in [-0.2, -0.15) is 0 Å². The van der Waals surface area contributed by atoms with Gasteiger partial charge in [-0.05, 0) is 42.7 Å². The molecule has 2 aromatic rings. The van der Waals surface area contributed by atoms with Crippen molar-refractivity contribution in [2.75, 3.05) is 20.2 Å². The van der Waals surface area contributed by atoms with Gasteiger partial charge in [-0.15, -0.1) is 0 Å². The molecule has 4 rings (SSSR count). The van der Waals surface area contributed by atoms with Crippen LogP contribution in [0.15, 0.2) is 42.6 Å². The molecule has 7 heteroatoms. The molecule has 0 saturated heterocycles. The highest BCUT2D eigenvalue weighted by Gasteiger charge is 2.38. The normalized spacial score (nSPS) is 18.7. The Labute approximate surface area is 157 Å². The van der Waals surface area contributed by atoms with Crippen molar-refractivity contribution >= 4 is 12.0 Å². The minimum atomic E-state index is -0.468. The number of aromatic nitrogens is 1. The second-order valence-corrected chi connectivity index (χ2v) is 7.00. The van der Waals surface area contributed by atoms with Gasteiger partial charge in [-0.1, -0.05) is 12.1 Å². The molecule has 0 radical (unpaired) electrons. The van der Waals surface area contributed by atoms with Crippen LogP contribution in [0.3, 0.4) is 0 Å². The SMILES string of the molecule is COC(=O)N(CC(=O)N1CCn2cccc2[C@H]1c1ccc(F)cc1)C1CC1. The number of carbonyl (C=O) groups excluding carboxylic acids is 2. The molecular weight excluding hydrogens is 349 g/mol. The number of nitrogens with zero attached hydrogens (tertiary/aromatic N) is 3. The molecule has 1 atom stereocenters. The van der Waals surface area contributed by atoms with E-state index < -0.39 is 6.09 Å². The lowest BCUT2D eigenvalue weighted by atomic mass is 9.99. The zero-order valence-corrected chi connectivity index (χ0v) is 15.2. The summed E-state index contributed by atoms with van der Waals surface area (Å²) in [5, 5.41) is 0. The van der Waals surface area contributed by atoms with Crippen molar-refractivity contribution in [1.29, 1.82) is 0 Å². The lowest BCUT2D eigenvalue weighted by Crippen LogP contribution is -2.48. The molecule has 1 aliphatic carbocycles. The van der Waals surface area contributed by atoms with E-state index in [1.165, 1.54) is 24.1 Å². The van der Waals surface area contributed by atoms with Gasteiger partial charge in [0.2, 0.25) is 5.91 Å². The van der Waals surface area contributed by atoms with E-state index in [2.05, 4.69) is 4.57 Å². The average Bonchev–Trinajstić information content (AvgIpc) is 3.41. The lowest BCUT2D eigenvalue weighted by Gasteiger charge is -2.38. The quantitative estimate of drug-likeness (QED) is 0.831. The van der Waals surface area contributed by atoms with Crippen LogP contribution < -0.4 is 0 Å². The molecule has 1 fully saturated rings. The first-order chi connectivity index (χ1) is 13.1. The maximum absolute atomic E-state index is 13.4. The van der Waals surface area contributed by atoms with E-state index in [0.717, 1.165) is 24.1 Å². The fourth-order valence-corrected chi connectivity index (χ4v) is 3.73. The van der Waals surface area contributed by atoms with Gasteiger partial charge in [0.1, 0.15) is 12.4 Å². The Morgan fingerprint density at radius 1 is 1.19 bits per heavy atom. The summed E-state index contributed by atoms with van der Waals surface area (Å²) in [6.45, 7) is 1.21. The van der Waals surface area contributed by atoms with E-state index >= 15 is 0 Å². The first-order valence-corrected chi connectivity index (χ1v) is 9.13. The maximum atomic E-state index is 13.4. The summed E-state index contributed by atoms with van der Waals surface area (Å²) in [6, 6.07) is 9.94. The number of ether oxygens (including phenoxy) is 1. The maximum Gasteiger partial charge on any atom is 0.410 e. The van der Waals surface area contributed by atoms with E-state index in [0.29, 0.717) is 13.1 Å². The van der Waals surface area contributed by atoms with Crippen LogP contribution in [0.5, 0.6) is 0 Å². The Bertz CT molecular complexity index is 844. The molecule has 6 nitrogen and oxygen atoms in total. The van der Waals surface area contributed by atoms with Crippen LogP contribution in [0.25, 0.3) is 0 Å². The number of benzene rings is 1. The van der Waals surface area contributed by atoms with Gasteiger partial charge in [-0.3, -0.25) is 9.69 Å². The summed E-state index contributed by atoms with van der Waals surface area (Å²) in [4.78, 5) is 28.5. The summed E-state index contributed by atoms with van der Waals surface area (Å²) in [6.07, 6.45) is 3.31. The summed E-state index contributed by atoms with van der Waals surface area (Å²) in [5.74, 6) is -0.442. The van der Waals surface area contributed by atoms with E-state index in [4.69, 9.17) is 4.74 Å². The fraction of sp³-hybridized carbons (Fsp3) is 0.400.